The predicted octanol–water partition coefficient (Wildman–Crippen LogP) is 5.53. The molecule has 6 heteroatoms. The number of para-hydroxylation sites is 1. The Morgan fingerprint density at radius 1 is 1.13 bits per heavy atom. The number of aryl methyl sites for hydroxylation is 1. The number of hydrogen-bond donors (Lipinski definition) is 1. The molecule has 0 unspecified atom stereocenters. The van der Waals surface area contributed by atoms with Crippen LogP contribution in [-0.4, -0.2) is 23.8 Å². The number of rotatable bonds is 6. The smallest absolute Gasteiger partial charge is 0.275 e. The van der Waals surface area contributed by atoms with E-state index in [2.05, 4.69) is 74.5 Å². The molecule has 4 rings (SSSR count). The Balaban J connectivity index is 1.59. The van der Waals surface area contributed by atoms with E-state index in [4.69, 9.17) is 4.74 Å². The average molecular weight is 476 g/mol. The molecule has 4 aromatic rings. The highest BCUT2D eigenvalue weighted by Gasteiger charge is 2.12. The fourth-order valence-electron chi connectivity index (χ4n) is 3.56. The summed E-state index contributed by atoms with van der Waals surface area (Å²) in [4.78, 5) is 12.6. The number of halogens is 1. The van der Waals surface area contributed by atoms with Crippen molar-refractivity contribution in [2.75, 3.05) is 7.11 Å². The second-order valence-corrected chi connectivity index (χ2v) is 8.12. The van der Waals surface area contributed by atoms with E-state index in [1.165, 1.54) is 18.2 Å². The molecule has 0 fully saturated rings. The van der Waals surface area contributed by atoms with Gasteiger partial charge in [0.05, 0.1) is 18.9 Å². The number of aromatic nitrogens is 1. The van der Waals surface area contributed by atoms with Crippen molar-refractivity contribution in [1.82, 2.24) is 9.99 Å². The van der Waals surface area contributed by atoms with E-state index in [1.807, 2.05) is 24.3 Å². The van der Waals surface area contributed by atoms with Crippen LogP contribution in [0.25, 0.3) is 10.9 Å². The van der Waals surface area contributed by atoms with Crippen molar-refractivity contribution in [3.05, 3.63) is 99.7 Å². The molecular formula is C25H22BrN3O2. The van der Waals surface area contributed by atoms with Gasteiger partial charge in [-0.1, -0.05) is 58.4 Å². The number of carbonyl (C=O) groups is 1. The van der Waals surface area contributed by atoms with Crippen LogP contribution in [0.5, 0.6) is 5.75 Å². The van der Waals surface area contributed by atoms with Crippen molar-refractivity contribution in [2.45, 2.75) is 13.5 Å². The number of ether oxygens (including phenoxy) is 1. The van der Waals surface area contributed by atoms with Gasteiger partial charge in [0.15, 0.2) is 0 Å². The first-order valence-corrected chi connectivity index (χ1v) is 10.7. The Bertz CT molecular complexity index is 1280. The molecule has 0 spiro atoms. The molecule has 0 saturated carbocycles. The zero-order valence-corrected chi connectivity index (χ0v) is 18.9. The average Bonchev–Trinajstić information content (AvgIpc) is 3.13. The lowest BCUT2D eigenvalue weighted by atomic mass is 10.1. The van der Waals surface area contributed by atoms with Crippen LogP contribution in [0.15, 0.2) is 82.5 Å². The highest BCUT2D eigenvalue weighted by molar-refractivity contribution is 9.10. The lowest BCUT2D eigenvalue weighted by Crippen LogP contribution is -2.18. The van der Waals surface area contributed by atoms with E-state index < -0.39 is 0 Å². The van der Waals surface area contributed by atoms with Crippen molar-refractivity contribution in [2.24, 2.45) is 5.10 Å². The van der Waals surface area contributed by atoms with Crippen LogP contribution in [0.1, 0.15) is 27.0 Å². The molecule has 0 saturated heterocycles. The van der Waals surface area contributed by atoms with Crippen molar-refractivity contribution < 1.29 is 9.53 Å². The van der Waals surface area contributed by atoms with Crippen LogP contribution in [0.4, 0.5) is 0 Å². The van der Waals surface area contributed by atoms with Gasteiger partial charge in [-0.15, -0.1) is 0 Å². The summed E-state index contributed by atoms with van der Waals surface area (Å²) in [5.74, 6) is 0.156. The topological polar surface area (TPSA) is 55.6 Å². The Labute approximate surface area is 189 Å². The second-order valence-electron chi connectivity index (χ2n) is 7.20. The number of benzene rings is 3. The van der Waals surface area contributed by atoms with Crippen LogP contribution in [0, 0.1) is 6.92 Å². The van der Waals surface area contributed by atoms with Crippen molar-refractivity contribution >= 4 is 39.0 Å². The minimum absolute atomic E-state index is 0.335. The number of nitrogens with one attached hydrogen (secondary N) is 1. The molecule has 1 amide bonds. The van der Waals surface area contributed by atoms with Crippen LogP contribution < -0.4 is 10.2 Å². The van der Waals surface area contributed by atoms with E-state index in [1.54, 1.807) is 18.3 Å². The maximum Gasteiger partial charge on any atom is 0.275 e. The first-order valence-electron chi connectivity index (χ1n) is 9.86. The molecule has 0 atom stereocenters. The van der Waals surface area contributed by atoms with Crippen molar-refractivity contribution in [3.8, 4) is 5.75 Å². The van der Waals surface area contributed by atoms with E-state index in [9.17, 15) is 4.79 Å². The van der Waals surface area contributed by atoms with Crippen LogP contribution in [0.3, 0.4) is 0 Å². The summed E-state index contributed by atoms with van der Waals surface area (Å²) >= 11 is 3.38. The summed E-state index contributed by atoms with van der Waals surface area (Å²) in [6.45, 7) is 2.89. The maximum atomic E-state index is 12.6. The number of methoxy groups -OCH3 is 1. The van der Waals surface area contributed by atoms with Gasteiger partial charge in [0.1, 0.15) is 5.75 Å². The predicted molar refractivity (Wildman–Crippen MR) is 128 cm³/mol. The summed E-state index contributed by atoms with van der Waals surface area (Å²) in [7, 11) is 1.53. The summed E-state index contributed by atoms with van der Waals surface area (Å²) in [5.41, 5.74) is 7.59. The van der Waals surface area contributed by atoms with E-state index in [-0.39, 0.29) is 5.91 Å². The fraction of sp³-hybridized carbons (Fsp3) is 0.120. The largest absolute Gasteiger partial charge is 0.496 e. The number of hydrazone groups is 1. The van der Waals surface area contributed by atoms with Gasteiger partial charge in [-0.2, -0.15) is 5.10 Å². The number of fused-ring (bicyclic) bond motifs is 1. The van der Waals surface area contributed by atoms with Crippen LogP contribution >= 0.6 is 15.9 Å². The lowest BCUT2D eigenvalue weighted by molar-refractivity contribution is 0.0952. The third kappa shape index (κ3) is 4.54. The molecule has 1 aromatic heterocycles. The van der Waals surface area contributed by atoms with Gasteiger partial charge >= 0.3 is 0 Å². The normalized spacial score (nSPS) is 11.2. The summed E-state index contributed by atoms with van der Waals surface area (Å²) in [6, 6.07) is 21.8. The molecular weight excluding hydrogens is 454 g/mol. The molecule has 1 N–H and O–H groups in total. The zero-order valence-electron chi connectivity index (χ0n) is 17.3. The number of hydrogen-bond acceptors (Lipinski definition) is 3. The van der Waals surface area contributed by atoms with Gasteiger partial charge in [-0.05, 0) is 42.3 Å². The first-order chi connectivity index (χ1) is 15.1. The Hall–Kier alpha value is -3.38. The fourth-order valence-corrected chi connectivity index (χ4v) is 3.92. The monoisotopic (exact) mass is 475 g/mol. The quantitative estimate of drug-likeness (QED) is 0.294. The molecule has 5 nitrogen and oxygen atoms in total. The second kappa shape index (κ2) is 9.18. The van der Waals surface area contributed by atoms with Gasteiger partial charge in [0.25, 0.3) is 5.91 Å². The molecule has 0 radical (unpaired) electrons. The third-order valence-electron chi connectivity index (χ3n) is 5.20. The zero-order chi connectivity index (χ0) is 21.8. The van der Waals surface area contributed by atoms with Crippen LogP contribution in [-0.2, 0) is 6.54 Å². The first kappa shape index (κ1) is 20.9. The van der Waals surface area contributed by atoms with Crippen LogP contribution in [0.2, 0.25) is 0 Å². The van der Waals surface area contributed by atoms with Gasteiger partial charge in [-0.25, -0.2) is 5.43 Å². The number of nitrogens with zero attached hydrogens (tertiary/aromatic N) is 2. The lowest BCUT2D eigenvalue weighted by Gasteiger charge is -2.08. The molecule has 31 heavy (non-hydrogen) atoms. The maximum absolute atomic E-state index is 12.6. The van der Waals surface area contributed by atoms with Gasteiger partial charge in [0.2, 0.25) is 0 Å². The molecule has 156 valence electrons. The summed E-state index contributed by atoms with van der Waals surface area (Å²) < 4.78 is 8.28. The number of amides is 1. The summed E-state index contributed by atoms with van der Waals surface area (Å²) in [6.07, 6.45) is 3.74. The Morgan fingerprint density at radius 2 is 1.90 bits per heavy atom. The molecule has 0 bridgehead atoms. The van der Waals surface area contributed by atoms with Crippen molar-refractivity contribution in [3.63, 3.8) is 0 Å². The minimum atomic E-state index is -0.335. The Morgan fingerprint density at radius 3 is 2.71 bits per heavy atom. The third-order valence-corrected chi connectivity index (χ3v) is 5.69. The minimum Gasteiger partial charge on any atom is -0.496 e. The van der Waals surface area contributed by atoms with E-state index in [0.717, 1.165) is 27.5 Å². The molecule has 0 aliphatic carbocycles. The van der Waals surface area contributed by atoms with Gasteiger partial charge in [0, 0.05) is 33.7 Å². The Kier molecular flexibility index (Phi) is 6.18. The van der Waals surface area contributed by atoms with E-state index in [0.29, 0.717) is 11.3 Å². The molecule has 0 aliphatic heterocycles. The molecule has 0 aliphatic rings. The molecule has 3 aromatic carbocycles. The standard InChI is InChI=1S/C25H22BrN3O2/c1-17-7-3-4-8-18(17)15-29-16-19(21-9-5-6-10-23(21)29)14-27-28-25(30)22-13-20(26)11-12-24(22)31-2/h3-14,16H,15H2,1-2H3,(H,28,30)/b27-14-. The van der Waals surface area contributed by atoms with Crippen molar-refractivity contribution in [1.29, 1.82) is 0 Å². The molecule has 1 heterocycles. The highest BCUT2D eigenvalue weighted by atomic mass is 79.9. The highest BCUT2D eigenvalue weighted by Crippen LogP contribution is 2.24. The van der Waals surface area contributed by atoms with Gasteiger partial charge in [-0.3, -0.25) is 4.79 Å². The number of carbonyl (C=O) groups excluding carboxylic acids is 1. The SMILES string of the molecule is COc1ccc(Br)cc1C(=O)N/N=C\c1cn(Cc2ccccc2C)c2ccccc12. The van der Waals surface area contributed by atoms with Gasteiger partial charge < -0.3 is 9.30 Å². The van der Waals surface area contributed by atoms with E-state index >= 15 is 0 Å². The summed E-state index contributed by atoms with van der Waals surface area (Å²) in [5, 5.41) is 5.28.